The number of alkyl halides is 2. The van der Waals surface area contributed by atoms with Gasteiger partial charge in [-0.15, -0.1) is 23.2 Å². The Morgan fingerprint density at radius 3 is 1.56 bits per heavy atom. The third-order valence-electron chi connectivity index (χ3n) is 1.66. The van der Waals surface area contributed by atoms with Crippen molar-refractivity contribution in [2.45, 2.75) is 31.5 Å². The zero-order valence-corrected chi connectivity index (χ0v) is 10.6. The van der Waals surface area contributed by atoms with Crippen molar-refractivity contribution in [3.05, 3.63) is 0 Å². The van der Waals surface area contributed by atoms with Gasteiger partial charge in [0.1, 0.15) is 6.10 Å². The van der Waals surface area contributed by atoms with E-state index in [-0.39, 0.29) is 25.0 Å². The molecule has 16 heavy (non-hydrogen) atoms. The van der Waals surface area contributed by atoms with Crippen LogP contribution in [0.2, 0.25) is 0 Å². The van der Waals surface area contributed by atoms with Gasteiger partial charge in [0, 0.05) is 0 Å². The molecule has 3 unspecified atom stereocenters. The lowest BCUT2D eigenvalue weighted by Crippen LogP contribution is -2.35. The van der Waals surface area contributed by atoms with Crippen molar-refractivity contribution in [3.8, 4) is 0 Å². The number of rotatable bonds is 9. The molecule has 5 nitrogen and oxygen atoms in total. The van der Waals surface area contributed by atoms with Crippen molar-refractivity contribution in [1.82, 2.24) is 0 Å². The average molecular weight is 277 g/mol. The minimum Gasteiger partial charge on any atom is -0.389 e. The van der Waals surface area contributed by atoms with Crippen molar-refractivity contribution in [1.29, 1.82) is 0 Å². The maximum atomic E-state index is 9.30. The molecule has 0 amide bonds. The van der Waals surface area contributed by atoms with E-state index >= 15 is 0 Å². The fraction of sp³-hybridized carbons (Fsp3) is 1.00. The van der Waals surface area contributed by atoms with Gasteiger partial charge in [0.25, 0.3) is 0 Å². The Kier molecular flexibility index (Phi) is 9.64. The van der Waals surface area contributed by atoms with Gasteiger partial charge in [-0.1, -0.05) is 0 Å². The van der Waals surface area contributed by atoms with Gasteiger partial charge in [-0.3, -0.25) is 0 Å². The highest BCUT2D eigenvalue weighted by molar-refractivity contribution is 6.18. The van der Waals surface area contributed by atoms with Crippen LogP contribution in [0.15, 0.2) is 0 Å². The summed E-state index contributed by atoms with van der Waals surface area (Å²) >= 11 is 10.7. The number of ether oxygens (including phenoxy) is 2. The summed E-state index contributed by atoms with van der Waals surface area (Å²) in [7, 11) is 0. The van der Waals surface area contributed by atoms with Crippen LogP contribution in [0.3, 0.4) is 0 Å². The van der Waals surface area contributed by atoms with Gasteiger partial charge in [0.15, 0.2) is 6.29 Å². The number of aliphatic hydroxyl groups is 3. The molecule has 3 atom stereocenters. The first-order chi connectivity index (χ1) is 7.51. The first-order valence-electron chi connectivity index (χ1n) is 4.90. The molecule has 0 aromatic rings. The lowest BCUT2D eigenvalue weighted by Gasteiger charge is -2.23. The van der Waals surface area contributed by atoms with Crippen LogP contribution in [-0.2, 0) is 9.47 Å². The van der Waals surface area contributed by atoms with Crippen LogP contribution in [0.5, 0.6) is 0 Å². The van der Waals surface area contributed by atoms with Crippen LogP contribution in [0.4, 0.5) is 0 Å². The summed E-state index contributed by atoms with van der Waals surface area (Å²) in [5, 5.41) is 27.6. The van der Waals surface area contributed by atoms with Gasteiger partial charge in [0.05, 0.1) is 37.2 Å². The van der Waals surface area contributed by atoms with Gasteiger partial charge in [-0.05, 0) is 6.92 Å². The van der Waals surface area contributed by atoms with Gasteiger partial charge >= 0.3 is 0 Å². The van der Waals surface area contributed by atoms with Gasteiger partial charge in [-0.2, -0.15) is 0 Å². The quantitative estimate of drug-likeness (QED) is 0.406. The summed E-state index contributed by atoms with van der Waals surface area (Å²) in [6, 6.07) is 0. The predicted octanol–water partition coefficient (Wildman–Crippen LogP) is -0.0741. The molecule has 0 saturated heterocycles. The van der Waals surface area contributed by atoms with Crippen LogP contribution < -0.4 is 0 Å². The van der Waals surface area contributed by atoms with E-state index in [0.717, 1.165) is 0 Å². The molecule has 0 aromatic heterocycles. The maximum absolute atomic E-state index is 9.30. The van der Waals surface area contributed by atoms with Crippen LogP contribution >= 0.6 is 23.2 Å². The van der Waals surface area contributed by atoms with Crippen molar-refractivity contribution in [3.63, 3.8) is 0 Å². The summed E-state index contributed by atoms with van der Waals surface area (Å²) < 4.78 is 10.2. The lowest BCUT2D eigenvalue weighted by molar-refractivity contribution is -0.206. The Balaban J connectivity index is 3.88. The van der Waals surface area contributed by atoms with E-state index in [1.807, 2.05) is 0 Å². The van der Waals surface area contributed by atoms with Gasteiger partial charge in [-0.25, -0.2) is 0 Å². The highest BCUT2D eigenvalue weighted by Gasteiger charge is 2.19. The molecule has 0 radical (unpaired) electrons. The lowest BCUT2D eigenvalue weighted by atomic mass is 10.3. The standard InChI is InChI=1S/C9H18Cl2O5/c1-6(12)9(15-4-7(13)2-10)16-5-8(14)3-11/h6-9,12-14H,2-5H2,1H3. The number of halogens is 2. The summed E-state index contributed by atoms with van der Waals surface area (Å²) in [5.41, 5.74) is 0. The van der Waals surface area contributed by atoms with Crippen LogP contribution in [0.1, 0.15) is 6.92 Å². The van der Waals surface area contributed by atoms with Crippen LogP contribution in [0, 0.1) is 0 Å². The maximum Gasteiger partial charge on any atom is 0.183 e. The molecular weight excluding hydrogens is 259 g/mol. The Bertz CT molecular complexity index is 156. The van der Waals surface area contributed by atoms with Crippen LogP contribution in [-0.4, -0.2) is 64.9 Å². The monoisotopic (exact) mass is 276 g/mol. The van der Waals surface area contributed by atoms with E-state index in [1.54, 1.807) is 0 Å². The molecule has 7 heteroatoms. The van der Waals surface area contributed by atoms with Gasteiger partial charge in [0.2, 0.25) is 0 Å². The number of aliphatic hydroxyl groups excluding tert-OH is 3. The molecule has 0 aromatic carbocycles. The zero-order chi connectivity index (χ0) is 12.6. The molecule has 3 N–H and O–H groups in total. The number of hydrogen-bond acceptors (Lipinski definition) is 5. The Hall–Kier alpha value is 0.380. The van der Waals surface area contributed by atoms with E-state index < -0.39 is 24.6 Å². The minimum atomic E-state index is -0.921. The highest BCUT2D eigenvalue weighted by atomic mass is 35.5. The Morgan fingerprint density at radius 1 is 0.938 bits per heavy atom. The van der Waals surface area contributed by atoms with E-state index in [4.69, 9.17) is 42.9 Å². The SMILES string of the molecule is CC(O)C(OCC(O)CCl)OCC(O)CCl. The average Bonchev–Trinajstić information content (AvgIpc) is 2.27. The van der Waals surface area contributed by atoms with E-state index in [1.165, 1.54) is 6.92 Å². The molecular formula is C9H18Cl2O5. The second-order valence-electron chi connectivity index (χ2n) is 3.39. The fourth-order valence-corrected chi connectivity index (χ4v) is 1.01. The highest BCUT2D eigenvalue weighted by Crippen LogP contribution is 2.05. The summed E-state index contributed by atoms with van der Waals surface area (Å²) in [6.07, 6.45) is -3.44. The molecule has 0 heterocycles. The van der Waals surface area contributed by atoms with Crippen molar-refractivity contribution >= 4 is 23.2 Å². The predicted molar refractivity (Wildman–Crippen MR) is 60.8 cm³/mol. The zero-order valence-electron chi connectivity index (χ0n) is 9.05. The number of hydrogen-bond donors (Lipinski definition) is 3. The molecule has 0 aliphatic heterocycles. The van der Waals surface area contributed by atoms with E-state index in [0.29, 0.717) is 0 Å². The molecule has 98 valence electrons. The normalized spacial score (nSPS) is 19.1. The largest absolute Gasteiger partial charge is 0.389 e. The molecule has 0 rings (SSSR count). The van der Waals surface area contributed by atoms with E-state index in [2.05, 4.69) is 0 Å². The third-order valence-corrected chi connectivity index (χ3v) is 2.37. The molecule has 0 spiro atoms. The summed E-state index contributed by atoms with van der Waals surface area (Å²) in [4.78, 5) is 0. The minimum absolute atomic E-state index is 0.0385. The molecule has 0 saturated carbocycles. The van der Waals surface area contributed by atoms with Crippen molar-refractivity contribution in [2.75, 3.05) is 25.0 Å². The van der Waals surface area contributed by atoms with E-state index in [9.17, 15) is 5.11 Å². The molecule has 0 aliphatic carbocycles. The summed E-state index contributed by atoms with van der Waals surface area (Å²) in [5.74, 6) is 0.0771. The summed E-state index contributed by atoms with van der Waals surface area (Å²) in [6.45, 7) is 1.39. The van der Waals surface area contributed by atoms with Crippen LogP contribution in [0.25, 0.3) is 0 Å². The van der Waals surface area contributed by atoms with Gasteiger partial charge < -0.3 is 24.8 Å². The topological polar surface area (TPSA) is 79.2 Å². The van der Waals surface area contributed by atoms with Crippen molar-refractivity contribution < 1.29 is 24.8 Å². The first-order valence-corrected chi connectivity index (χ1v) is 5.97. The molecule has 0 fully saturated rings. The third kappa shape index (κ3) is 7.62. The fourth-order valence-electron chi connectivity index (χ4n) is 0.828. The smallest absolute Gasteiger partial charge is 0.183 e. The Morgan fingerprint density at radius 2 is 1.31 bits per heavy atom. The Labute approximate surface area is 105 Å². The second-order valence-corrected chi connectivity index (χ2v) is 4.01. The first kappa shape index (κ1) is 16.4. The molecule has 0 bridgehead atoms. The second kappa shape index (κ2) is 9.41. The molecule has 0 aliphatic rings. The van der Waals surface area contributed by atoms with Crippen molar-refractivity contribution in [2.24, 2.45) is 0 Å².